The Morgan fingerprint density at radius 3 is 2.83 bits per heavy atom. The predicted octanol–water partition coefficient (Wildman–Crippen LogP) is 4.20. The number of halogens is 5. The normalized spacial score (nSPS) is 26.9. The molecular formula is C28H27F5N6O3. The smallest absolute Gasteiger partial charge is 0.418 e. The standard InChI is InChI=1S/C28H27F5N6O3/c1-13-7-17(34)35-21(20(13)28(31,32)33)18-16-3-6-38-9-14(11-40)24-19(23(16)38)22(36-25(18)30)26(37-42-24)41-12-27-4-2-5-39(27)10-15(29)8-27/h3,6-7,14-15,40H,2,4-5,8-12H2,1H3,(H2,34,35)/t14-,15+,27-/m0/s1. The molecule has 7 heterocycles. The third-order valence-corrected chi connectivity index (χ3v) is 8.80. The number of pyridine rings is 1. The number of fused-ring (bicyclic) bond motifs is 1. The summed E-state index contributed by atoms with van der Waals surface area (Å²) in [5.74, 6) is -2.03. The van der Waals surface area contributed by atoms with Crippen molar-refractivity contribution in [2.75, 3.05) is 32.0 Å². The first-order chi connectivity index (χ1) is 20.0. The number of aliphatic hydroxyl groups excluding tert-OH is 1. The van der Waals surface area contributed by atoms with Crippen LogP contribution in [0.1, 0.15) is 47.3 Å². The molecule has 42 heavy (non-hydrogen) atoms. The number of oxime groups is 1. The van der Waals surface area contributed by atoms with Gasteiger partial charge in [0.25, 0.3) is 5.90 Å². The van der Waals surface area contributed by atoms with Crippen molar-refractivity contribution in [3.8, 4) is 0 Å². The van der Waals surface area contributed by atoms with E-state index in [-0.39, 0.29) is 66.1 Å². The van der Waals surface area contributed by atoms with E-state index in [0.29, 0.717) is 18.7 Å². The molecule has 5 aliphatic heterocycles. The number of hydrogen-bond acceptors (Lipinski definition) is 8. The number of aryl methyl sites for hydroxylation is 1. The molecule has 9 nitrogen and oxygen atoms in total. The molecule has 0 unspecified atom stereocenters. The highest BCUT2D eigenvalue weighted by Gasteiger charge is 2.50. The summed E-state index contributed by atoms with van der Waals surface area (Å²) in [6.45, 7) is 2.16. The van der Waals surface area contributed by atoms with Crippen LogP contribution in [0.5, 0.6) is 0 Å². The Bertz CT molecular complexity index is 1630. The van der Waals surface area contributed by atoms with Gasteiger partial charge < -0.3 is 25.0 Å². The fraction of sp³-hybridized carbons (Fsp3) is 0.464. The molecule has 0 aliphatic carbocycles. The van der Waals surface area contributed by atoms with Gasteiger partial charge in [-0.1, -0.05) is 0 Å². The van der Waals surface area contributed by atoms with E-state index in [0.717, 1.165) is 19.0 Å². The van der Waals surface area contributed by atoms with E-state index >= 15 is 4.39 Å². The number of nitrogen functional groups attached to an aromatic ring is 1. The third kappa shape index (κ3) is 3.98. The number of alkyl halides is 4. The van der Waals surface area contributed by atoms with E-state index in [4.69, 9.17) is 15.3 Å². The summed E-state index contributed by atoms with van der Waals surface area (Å²) in [5, 5.41) is 14.2. The zero-order chi connectivity index (χ0) is 29.6. The number of aromatic nitrogens is 2. The first kappa shape index (κ1) is 27.1. The number of aliphatic hydroxyl groups is 1. The number of hydrogen-bond donors (Lipinski definition) is 2. The Labute approximate surface area is 236 Å². The number of aliphatic imine (C=N–C) groups is 1. The van der Waals surface area contributed by atoms with Gasteiger partial charge in [0, 0.05) is 31.3 Å². The van der Waals surface area contributed by atoms with Gasteiger partial charge in [0.05, 0.1) is 46.2 Å². The summed E-state index contributed by atoms with van der Waals surface area (Å²) < 4.78 is 81.5. The highest BCUT2D eigenvalue weighted by atomic mass is 19.4. The van der Waals surface area contributed by atoms with Crippen molar-refractivity contribution >= 4 is 28.6 Å². The molecule has 0 saturated carbocycles. The average molecular weight is 591 g/mol. The van der Waals surface area contributed by atoms with Crippen molar-refractivity contribution in [3.63, 3.8) is 0 Å². The topological polar surface area (TPSA) is 110 Å². The molecule has 3 atom stereocenters. The van der Waals surface area contributed by atoms with Crippen LogP contribution in [0.4, 0.5) is 27.8 Å². The zero-order valence-electron chi connectivity index (χ0n) is 22.5. The van der Waals surface area contributed by atoms with E-state index in [1.807, 2.05) is 4.90 Å². The van der Waals surface area contributed by atoms with Crippen molar-refractivity contribution in [1.82, 2.24) is 14.5 Å². The number of rotatable bonds is 4. The lowest BCUT2D eigenvalue weighted by molar-refractivity contribution is -0.138. The van der Waals surface area contributed by atoms with Crippen LogP contribution < -0.4 is 5.73 Å². The highest BCUT2D eigenvalue weighted by molar-refractivity contribution is 6.57. The molecule has 2 aromatic heterocycles. The molecule has 2 saturated heterocycles. The molecular weight excluding hydrogens is 563 g/mol. The van der Waals surface area contributed by atoms with E-state index in [9.17, 15) is 22.7 Å². The van der Waals surface area contributed by atoms with Gasteiger partial charge in [-0.15, -0.1) is 0 Å². The maximum absolute atomic E-state index is 16.3. The highest BCUT2D eigenvalue weighted by Crippen LogP contribution is 2.48. The Kier molecular flexibility index (Phi) is 6.04. The lowest BCUT2D eigenvalue weighted by atomic mass is 9.89. The van der Waals surface area contributed by atoms with Crippen molar-refractivity contribution in [2.24, 2.45) is 16.1 Å². The second-order valence-electron chi connectivity index (χ2n) is 11.4. The van der Waals surface area contributed by atoms with Crippen LogP contribution in [0.25, 0.3) is 11.1 Å². The van der Waals surface area contributed by atoms with Crippen molar-refractivity contribution in [2.45, 2.75) is 50.6 Å². The Morgan fingerprint density at radius 1 is 1.26 bits per heavy atom. The van der Waals surface area contributed by atoms with Gasteiger partial charge in [-0.3, -0.25) is 4.90 Å². The molecule has 0 aromatic carbocycles. The van der Waals surface area contributed by atoms with Gasteiger partial charge >= 0.3 is 6.18 Å². The van der Waals surface area contributed by atoms with Crippen LogP contribution in [-0.4, -0.2) is 69.2 Å². The minimum Gasteiger partial charge on any atom is -0.472 e. The molecule has 3 N–H and O–H groups in total. The van der Waals surface area contributed by atoms with E-state index in [2.05, 4.69) is 15.1 Å². The van der Waals surface area contributed by atoms with Gasteiger partial charge in [0.2, 0.25) is 5.95 Å². The number of anilines is 1. The monoisotopic (exact) mass is 590 g/mol. The van der Waals surface area contributed by atoms with Crippen LogP contribution >= 0.6 is 0 Å². The Balaban J connectivity index is 1.39. The second kappa shape index (κ2) is 9.36. The SMILES string of the molecule is Cc1cc(N)nc(C2=C(F)N=C3C(OC[C@@]45CCCN4C[C@H](F)C5)=NOC4=C3c3c2ccn3C[C@H]4CO)c1C(F)(F)F. The number of ether oxygens (including phenoxy) is 1. The zero-order valence-corrected chi connectivity index (χ0v) is 22.5. The first-order valence-electron chi connectivity index (χ1n) is 13.7. The van der Waals surface area contributed by atoms with E-state index in [1.165, 1.54) is 13.0 Å². The maximum atomic E-state index is 16.3. The predicted molar refractivity (Wildman–Crippen MR) is 142 cm³/mol. The molecule has 0 radical (unpaired) electrons. The van der Waals surface area contributed by atoms with Gasteiger partial charge in [-0.05, 0) is 49.2 Å². The Hall–Kier alpha value is -3.78. The lowest BCUT2D eigenvalue weighted by Gasteiger charge is -2.33. The van der Waals surface area contributed by atoms with Gasteiger partial charge in [-0.2, -0.15) is 17.6 Å². The molecule has 2 fully saturated rings. The summed E-state index contributed by atoms with van der Waals surface area (Å²) in [6, 6.07) is 2.56. The molecule has 222 valence electrons. The number of nitrogens with two attached hydrogens (primary N) is 1. The molecule has 7 rings (SSSR count). The fourth-order valence-corrected chi connectivity index (χ4v) is 7.05. The summed E-state index contributed by atoms with van der Waals surface area (Å²) in [6.07, 6.45) is -2.41. The molecule has 0 amide bonds. The quantitative estimate of drug-likeness (QED) is 0.408. The van der Waals surface area contributed by atoms with Gasteiger partial charge in [0.15, 0.2) is 5.76 Å². The third-order valence-electron chi connectivity index (χ3n) is 8.80. The van der Waals surface area contributed by atoms with Crippen LogP contribution in [-0.2, 0) is 22.3 Å². The second-order valence-corrected chi connectivity index (χ2v) is 11.4. The fourth-order valence-electron chi connectivity index (χ4n) is 7.05. The molecule has 0 spiro atoms. The number of nitrogens with zero attached hydrogens (tertiary/aromatic N) is 5. The Morgan fingerprint density at radius 2 is 2.07 bits per heavy atom. The van der Waals surface area contributed by atoms with Crippen LogP contribution in [0.3, 0.4) is 0 Å². The average Bonchev–Trinajstić information content (AvgIpc) is 3.56. The van der Waals surface area contributed by atoms with Crippen LogP contribution in [0.2, 0.25) is 0 Å². The minimum absolute atomic E-state index is 0.0426. The van der Waals surface area contributed by atoms with E-state index in [1.54, 1.807) is 10.8 Å². The molecule has 14 heteroatoms. The van der Waals surface area contributed by atoms with Crippen molar-refractivity contribution in [1.29, 1.82) is 0 Å². The lowest BCUT2D eigenvalue weighted by Crippen LogP contribution is -2.44. The van der Waals surface area contributed by atoms with Crippen LogP contribution in [0, 0.1) is 12.8 Å². The molecule has 2 aromatic rings. The van der Waals surface area contributed by atoms with Crippen molar-refractivity contribution < 1.29 is 36.6 Å². The first-order valence-corrected chi connectivity index (χ1v) is 13.7. The summed E-state index contributed by atoms with van der Waals surface area (Å²) in [5.41, 5.74) is 3.35. The summed E-state index contributed by atoms with van der Waals surface area (Å²) >= 11 is 0. The largest absolute Gasteiger partial charge is 0.472 e. The van der Waals surface area contributed by atoms with E-state index < -0.39 is 46.6 Å². The maximum Gasteiger partial charge on any atom is 0.418 e. The van der Waals surface area contributed by atoms with Crippen molar-refractivity contribution in [3.05, 3.63) is 58.1 Å². The van der Waals surface area contributed by atoms with Gasteiger partial charge in [-0.25, -0.2) is 14.4 Å². The summed E-state index contributed by atoms with van der Waals surface area (Å²) in [7, 11) is 0. The molecule has 0 bridgehead atoms. The molecule has 5 aliphatic rings. The minimum atomic E-state index is -4.87. The summed E-state index contributed by atoms with van der Waals surface area (Å²) in [4.78, 5) is 15.9. The van der Waals surface area contributed by atoms with Crippen LogP contribution in [0.15, 0.2) is 40.2 Å². The van der Waals surface area contributed by atoms with Gasteiger partial charge in [0.1, 0.15) is 24.3 Å².